The standard InChI is InChI=1S/C24H28N2O5/c27-14-7-9-25-19(11-14)24(20-12-15(28)8-10-26-20)30-16-5-6-22-18(13-16)23(29)17-3-1-2-4-21(17)31-22/h1-6,13-15,19-20,24-28H,7-12H2/t14-,15-,19+,20+/m1/s1. The summed E-state index contributed by atoms with van der Waals surface area (Å²) in [5, 5.41) is 28.4. The molecule has 7 nitrogen and oxygen atoms in total. The van der Waals surface area contributed by atoms with Crippen LogP contribution in [0, 0.1) is 0 Å². The lowest BCUT2D eigenvalue weighted by Gasteiger charge is -2.40. The van der Waals surface area contributed by atoms with Gasteiger partial charge in [0.2, 0.25) is 5.43 Å². The number of benzene rings is 2. The lowest BCUT2D eigenvalue weighted by atomic mass is 9.88. The van der Waals surface area contributed by atoms with E-state index in [2.05, 4.69) is 10.6 Å². The highest BCUT2D eigenvalue weighted by atomic mass is 16.5. The van der Waals surface area contributed by atoms with E-state index in [1.165, 1.54) is 0 Å². The Labute approximate surface area is 180 Å². The SMILES string of the molecule is O=c1c2ccccc2oc2ccc(OC([C@@H]3C[C@H](O)CCN3)[C@@H]3C[C@H](O)CCN3)cc12. The van der Waals surface area contributed by atoms with Gasteiger partial charge in [-0.2, -0.15) is 0 Å². The van der Waals surface area contributed by atoms with E-state index in [1.807, 2.05) is 18.2 Å². The largest absolute Gasteiger partial charge is 0.487 e. The molecule has 2 aromatic carbocycles. The zero-order valence-corrected chi connectivity index (χ0v) is 17.3. The maximum atomic E-state index is 13.0. The average Bonchev–Trinajstić information content (AvgIpc) is 2.78. The quantitative estimate of drug-likeness (QED) is 0.475. The predicted molar refractivity (Wildman–Crippen MR) is 118 cm³/mol. The fourth-order valence-electron chi connectivity index (χ4n) is 4.82. The van der Waals surface area contributed by atoms with Crippen molar-refractivity contribution in [3.63, 3.8) is 0 Å². The summed E-state index contributed by atoms with van der Waals surface area (Å²) in [5.41, 5.74) is 0.994. The molecule has 4 N–H and O–H groups in total. The molecule has 4 atom stereocenters. The van der Waals surface area contributed by atoms with Gasteiger partial charge in [0.15, 0.2) is 0 Å². The van der Waals surface area contributed by atoms with Crippen molar-refractivity contribution in [1.82, 2.24) is 10.6 Å². The Bertz CT molecular complexity index is 1110. The molecule has 0 bridgehead atoms. The Morgan fingerprint density at radius 3 is 2.23 bits per heavy atom. The van der Waals surface area contributed by atoms with Crippen LogP contribution in [0.2, 0.25) is 0 Å². The van der Waals surface area contributed by atoms with Gasteiger partial charge in [-0.3, -0.25) is 4.79 Å². The van der Waals surface area contributed by atoms with E-state index in [0.29, 0.717) is 66.5 Å². The number of para-hydroxylation sites is 1. The van der Waals surface area contributed by atoms with Gasteiger partial charge in [-0.15, -0.1) is 0 Å². The normalized spacial score (nSPS) is 27.1. The molecule has 3 aromatic rings. The minimum atomic E-state index is -0.374. The van der Waals surface area contributed by atoms with E-state index in [1.54, 1.807) is 24.3 Å². The van der Waals surface area contributed by atoms with Crippen LogP contribution in [0.15, 0.2) is 51.7 Å². The second kappa shape index (κ2) is 8.59. The van der Waals surface area contributed by atoms with Crippen LogP contribution in [0.4, 0.5) is 0 Å². The fourth-order valence-corrected chi connectivity index (χ4v) is 4.82. The zero-order chi connectivity index (χ0) is 21.4. The van der Waals surface area contributed by atoms with Crippen molar-refractivity contribution in [2.45, 2.75) is 56.1 Å². The number of nitrogens with one attached hydrogen (secondary N) is 2. The summed E-state index contributed by atoms with van der Waals surface area (Å²) >= 11 is 0. The van der Waals surface area contributed by atoms with Gasteiger partial charge >= 0.3 is 0 Å². The molecule has 0 radical (unpaired) electrons. The predicted octanol–water partition coefficient (Wildman–Crippen LogP) is 1.92. The van der Waals surface area contributed by atoms with Crippen molar-refractivity contribution in [2.75, 3.05) is 13.1 Å². The minimum absolute atomic E-state index is 0.0599. The summed E-state index contributed by atoms with van der Waals surface area (Å²) in [5.74, 6) is 0.573. The Kier molecular flexibility index (Phi) is 5.67. The molecule has 0 spiro atoms. The molecule has 7 heteroatoms. The van der Waals surface area contributed by atoms with Crippen LogP contribution in [0.3, 0.4) is 0 Å². The molecular weight excluding hydrogens is 396 g/mol. The lowest BCUT2D eigenvalue weighted by molar-refractivity contribution is 0.0221. The van der Waals surface area contributed by atoms with E-state index in [-0.39, 0.29) is 35.8 Å². The smallest absolute Gasteiger partial charge is 0.200 e. The van der Waals surface area contributed by atoms with Gasteiger partial charge in [-0.05, 0) is 69.1 Å². The summed E-state index contributed by atoms with van der Waals surface area (Å²) < 4.78 is 12.3. The van der Waals surface area contributed by atoms with Crippen LogP contribution in [0.5, 0.6) is 5.75 Å². The van der Waals surface area contributed by atoms with Crippen molar-refractivity contribution in [2.24, 2.45) is 0 Å². The Balaban J connectivity index is 1.49. The van der Waals surface area contributed by atoms with Crippen LogP contribution in [0.1, 0.15) is 25.7 Å². The van der Waals surface area contributed by atoms with Crippen LogP contribution < -0.4 is 20.8 Å². The first-order valence-electron chi connectivity index (χ1n) is 11.0. The van der Waals surface area contributed by atoms with Gasteiger partial charge in [0, 0.05) is 12.1 Å². The molecule has 164 valence electrons. The van der Waals surface area contributed by atoms with E-state index in [4.69, 9.17) is 9.15 Å². The Morgan fingerprint density at radius 2 is 1.55 bits per heavy atom. The molecule has 0 unspecified atom stereocenters. The topological polar surface area (TPSA) is 104 Å². The molecule has 2 aliphatic heterocycles. The first-order valence-corrected chi connectivity index (χ1v) is 11.0. The molecule has 3 heterocycles. The second-order valence-electron chi connectivity index (χ2n) is 8.65. The maximum Gasteiger partial charge on any atom is 0.200 e. The Morgan fingerprint density at radius 1 is 0.903 bits per heavy atom. The molecule has 1 aromatic heterocycles. The number of aliphatic hydroxyl groups excluding tert-OH is 2. The van der Waals surface area contributed by atoms with Crippen molar-refractivity contribution in [3.05, 3.63) is 52.7 Å². The van der Waals surface area contributed by atoms with Crippen LogP contribution in [-0.4, -0.2) is 53.7 Å². The van der Waals surface area contributed by atoms with Crippen molar-refractivity contribution in [3.8, 4) is 5.75 Å². The lowest BCUT2D eigenvalue weighted by Crippen LogP contribution is -2.59. The molecule has 2 fully saturated rings. The summed E-state index contributed by atoms with van der Waals surface area (Å²) in [6.07, 6.45) is 1.55. The number of piperidine rings is 2. The van der Waals surface area contributed by atoms with E-state index in [0.717, 1.165) is 0 Å². The summed E-state index contributed by atoms with van der Waals surface area (Å²) in [6, 6.07) is 12.4. The first-order chi connectivity index (χ1) is 15.1. The third-order valence-electron chi connectivity index (χ3n) is 6.43. The summed E-state index contributed by atoms with van der Waals surface area (Å²) in [7, 11) is 0. The molecule has 2 saturated heterocycles. The van der Waals surface area contributed by atoms with Gasteiger partial charge < -0.3 is 30.0 Å². The number of fused-ring (bicyclic) bond motifs is 2. The van der Waals surface area contributed by atoms with Gasteiger partial charge in [-0.25, -0.2) is 0 Å². The number of aliphatic hydroxyl groups is 2. The third kappa shape index (κ3) is 4.19. The number of ether oxygens (including phenoxy) is 1. The molecular formula is C24H28N2O5. The third-order valence-corrected chi connectivity index (χ3v) is 6.43. The van der Waals surface area contributed by atoms with E-state index >= 15 is 0 Å². The van der Waals surface area contributed by atoms with Gasteiger partial charge in [0.1, 0.15) is 23.0 Å². The second-order valence-corrected chi connectivity index (χ2v) is 8.65. The first kappa shape index (κ1) is 20.5. The fraction of sp³-hybridized carbons (Fsp3) is 0.458. The van der Waals surface area contributed by atoms with Gasteiger partial charge in [-0.1, -0.05) is 12.1 Å². The summed E-state index contributed by atoms with van der Waals surface area (Å²) in [6.45, 7) is 1.43. The maximum absolute atomic E-state index is 13.0. The van der Waals surface area contributed by atoms with Crippen LogP contribution in [0.25, 0.3) is 21.9 Å². The summed E-state index contributed by atoms with van der Waals surface area (Å²) in [4.78, 5) is 13.0. The van der Waals surface area contributed by atoms with Crippen LogP contribution >= 0.6 is 0 Å². The van der Waals surface area contributed by atoms with Crippen molar-refractivity contribution in [1.29, 1.82) is 0 Å². The minimum Gasteiger partial charge on any atom is -0.487 e. The Hall–Kier alpha value is -2.45. The molecule has 5 rings (SSSR count). The highest BCUT2D eigenvalue weighted by molar-refractivity contribution is 5.90. The highest BCUT2D eigenvalue weighted by Crippen LogP contribution is 2.27. The van der Waals surface area contributed by atoms with Crippen molar-refractivity contribution >= 4 is 21.9 Å². The van der Waals surface area contributed by atoms with Gasteiger partial charge in [0.25, 0.3) is 0 Å². The number of rotatable bonds is 4. The van der Waals surface area contributed by atoms with E-state index in [9.17, 15) is 15.0 Å². The van der Waals surface area contributed by atoms with Gasteiger partial charge in [0.05, 0.1) is 23.0 Å². The van der Waals surface area contributed by atoms with Crippen LogP contribution in [-0.2, 0) is 0 Å². The zero-order valence-electron chi connectivity index (χ0n) is 17.3. The molecule has 0 aliphatic carbocycles. The average molecular weight is 424 g/mol. The highest BCUT2D eigenvalue weighted by Gasteiger charge is 2.37. The molecule has 2 aliphatic rings. The molecule has 0 saturated carbocycles. The monoisotopic (exact) mass is 424 g/mol. The van der Waals surface area contributed by atoms with E-state index < -0.39 is 0 Å². The number of hydrogen-bond donors (Lipinski definition) is 4. The molecule has 0 amide bonds. The van der Waals surface area contributed by atoms with Crippen molar-refractivity contribution < 1.29 is 19.4 Å². The number of hydrogen-bond acceptors (Lipinski definition) is 7. The molecule has 31 heavy (non-hydrogen) atoms.